The van der Waals surface area contributed by atoms with E-state index in [-0.39, 0.29) is 56.5 Å². The second-order valence-electron chi connectivity index (χ2n) is 20.1. The molecule has 0 spiro atoms. The zero-order valence-corrected chi connectivity index (χ0v) is 63.3. The molecule has 23 heteroatoms. The molecule has 18 nitrogen and oxygen atoms in total. The number of benzene rings is 2. The third-order valence-corrected chi connectivity index (χ3v) is 15.4. The highest BCUT2D eigenvalue weighted by molar-refractivity contribution is 8.40. The van der Waals surface area contributed by atoms with Crippen LogP contribution < -0.4 is 21.7 Å². The molecule has 3 amide bonds. The fourth-order valence-corrected chi connectivity index (χ4v) is 8.20. The molecule has 98 heavy (non-hydrogen) atoms. The van der Waals surface area contributed by atoms with Crippen LogP contribution in [-0.4, -0.2) is 117 Å². The number of alkyl carbamates (subject to hydrolysis) is 1. The van der Waals surface area contributed by atoms with Crippen LogP contribution in [0.4, 0.5) is 4.79 Å². The molecule has 0 aliphatic heterocycles. The largest absolute Gasteiger partial charge is 0.481 e. The second-order valence-corrected chi connectivity index (χ2v) is 24.4. The first-order valence-corrected chi connectivity index (χ1v) is 37.5. The van der Waals surface area contributed by atoms with Crippen molar-refractivity contribution in [3.63, 3.8) is 0 Å². The van der Waals surface area contributed by atoms with Crippen molar-refractivity contribution in [3.8, 4) is 85.2 Å². The number of fused-ring (bicyclic) bond motifs is 3. The molecular weight excluding hydrogens is 1340 g/mol. The maximum Gasteiger partial charge on any atom is 0.407 e. The zero-order valence-electron chi connectivity index (χ0n) is 59.2. The summed E-state index contributed by atoms with van der Waals surface area (Å²) >= 11 is 13.5. The average molecular weight is 1460 g/mol. The summed E-state index contributed by atoms with van der Waals surface area (Å²) in [5.41, 5.74) is 9.18. The number of carbonyl (C=O) groups excluding carboxylic acids is 6. The first-order chi connectivity index (χ1) is 46.7. The Morgan fingerprint density at radius 1 is 0.500 bits per heavy atom. The van der Waals surface area contributed by atoms with Gasteiger partial charge in [0.05, 0.1) is 21.3 Å². The second kappa shape index (κ2) is 83.9. The van der Waals surface area contributed by atoms with Crippen LogP contribution in [0.3, 0.4) is 0 Å². The normalized spacial score (nSPS) is 10.3. The standard InChI is InChI=1S/C24H29NO4.2C15H25NO3.2C6H8O2.2C3H4.CH3Cl.CH5N.CH4.P2S2/c1-3-4-5-6-15-22(23(26)28-2)25-24(27)29-16-21-19-13-9-7-11-17(19)18-12-8-10-14-20(18)21;2*1-4-6-8-10-11-13(15(18)19-3)16-14(17)12-9-7-5-2;2*1-2-3-4-5-6(7)8;2*1-3-2;2*1-2;;3-1-2-4/h7-14,21-22H,3-6,15-16H2,1-2H3,(H,25,27);2*2,13H,4,6-12H2,1,3H3,(H,16,17);2*1H,3-5H2,(H,7,8);2*1H,2H3;1H3;2H2,1H3;1H4;. The molecule has 548 valence electrons. The average Bonchev–Trinajstić information content (AvgIpc) is 1.62. The quantitative estimate of drug-likeness (QED) is 0.00924. The predicted molar refractivity (Wildman–Crippen MR) is 410 cm³/mol. The maximum absolute atomic E-state index is 12.4. The zero-order chi connectivity index (χ0) is 75.3. The number of rotatable bonds is 36. The fourth-order valence-electron chi connectivity index (χ4n) is 8.20. The molecule has 2 aromatic carbocycles. The minimum atomic E-state index is -0.778. The summed E-state index contributed by atoms with van der Waals surface area (Å²) in [4.78, 5) is 90.5. The van der Waals surface area contributed by atoms with E-state index < -0.39 is 42.1 Å². The van der Waals surface area contributed by atoms with Gasteiger partial charge in [0, 0.05) is 77.8 Å². The number of nitrogens with one attached hydrogen (secondary N) is 3. The van der Waals surface area contributed by atoms with Gasteiger partial charge in [-0.15, -0.1) is 85.7 Å². The Kier molecular flexibility index (Phi) is 91.3. The lowest BCUT2D eigenvalue weighted by Crippen LogP contribution is -2.42. The van der Waals surface area contributed by atoms with Crippen LogP contribution in [0.25, 0.3) is 11.1 Å². The van der Waals surface area contributed by atoms with Crippen LogP contribution in [0.1, 0.15) is 232 Å². The van der Waals surface area contributed by atoms with E-state index in [0.717, 1.165) is 102 Å². The first kappa shape index (κ1) is 107. The Morgan fingerprint density at radius 2 is 0.776 bits per heavy atom. The van der Waals surface area contributed by atoms with Crippen molar-refractivity contribution < 1.29 is 67.5 Å². The van der Waals surface area contributed by atoms with Crippen molar-refractivity contribution >= 4 is 97.1 Å². The number of esters is 3. The Hall–Kier alpha value is -7.35. The third-order valence-electron chi connectivity index (χ3n) is 12.7. The number of ether oxygens (including phenoxy) is 4. The number of carboxylic acids is 2. The molecule has 0 saturated heterocycles. The lowest BCUT2D eigenvalue weighted by atomic mass is 9.98. The number of alkyl halides is 1. The molecule has 0 bridgehead atoms. The van der Waals surface area contributed by atoms with Gasteiger partial charge in [-0.1, -0.05) is 154 Å². The van der Waals surface area contributed by atoms with Crippen LogP contribution in [-0.2, 0) is 76.1 Å². The van der Waals surface area contributed by atoms with Gasteiger partial charge in [-0.2, -0.15) is 0 Å². The predicted octanol–water partition coefficient (Wildman–Crippen LogP) is 15.7. The summed E-state index contributed by atoms with van der Waals surface area (Å²) in [5.74, 6) is 11.2. The number of hydrogen-bond acceptors (Lipinski definition) is 15. The SMILES string of the molecule is C.C#CC.C#CC.C#CCCCC(=O)NC(CCCCCC)C(=O)OC.C#CCCCC(=O)NC(CCCCCC)C(=O)OC.C#CCCCC(=O)O.C#CCCCC(=O)O.CCCCCCC(NC(=O)OCC1c2ccccc2-c2ccccc21)C(=O)OC.CCl.CN.S=PP=S. The number of amides is 3. The monoisotopic (exact) mass is 1460 g/mol. The summed E-state index contributed by atoms with van der Waals surface area (Å²) in [6.45, 7) is 9.92. The molecule has 7 N–H and O–H groups in total. The van der Waals surface area contributed by atoms with E-state index in [9.17, 15) is 38.4 Å². The third kappa shape index (κ3) is 67.2. The summed E-state index contributed by atoms with van der Waals surface area (Å²) in [6, 6.07) is 14.7. The highest BCUT2D eigenvalue weighted by Gasteiger charge is 2.30. The van der Waals surface area contributed by atoms with E-state index in [1.54, 1.807) is 13.8 Å². The maximum atomic E-state index is 12.4. The Bertz CT molecular complexity index is 2540. The Morgan fingerprint density at radius 3 is 1.03 bits per heavy atom. The van der Waals surface area contributed by atoms with Crippen LogP contribution in [0.15, 0.2) is 48.5 Å². The summed E-state index contributed by atoms with van der Waals surface area (Å²) in [5, 5.41) is 24.3. The molecule has 1 aliphatic rings. The van der Waals surface area contributed by atoms with Gasteiger partial charge in [0.1, 0.15) is 24.7 Å². The van der Waals surface area contributed by atoms with Crippen molar-refractivity contribution in [2.24, 2.45) is 5.73 Å². The molecule has 0 heterocycles. The number of carboxylic acid groups (broad SMARTS) is 2. The summed E-state index contributed by atoms with van der Waals surface area (Å²) < 4.78 is 19.8. The van der Waals surface area contributed by atoms with E-state index in [1.807, 2.05) is 24.3 Å². The molecule has 0 aromatic heterocycles. The Labute approximate surface area is 608 Å². The van der Waals surface area contributed by atoms with E-state index >= 15 is 0 Å². The lowest BCUT2D eigenvalue weighted by Gasteiger charge is -2.18. The van der Waals surface area contributed by atoms with E-state index in [2.05, 4.69) is 150 Å². The molecule has 0 saturated carbocycles. The number of terminal acetylenes is 6. The number of aliphatic carboxylic acids is 2. The number of methoxy groups -OCH3 is 3. The fraction of sp³-hybridized carbons (Fsp3) is 0.573. The molecule has 2 aromatic rings. The van der Waals surface area contributed by atoms with E-state index in [4.69, 9.17) is 54.9 Å². The van der Waals surface area contributed by atoms with Gasteiger partial charge < -0.3 is 50.8 Å². The molecular formula is C75H115ClN4O14P2S2. The van der Waals surface area contributed by atoms with Crippen molar-refractivity contribution in [2.75, 3.05) is 41.4 Å². The molecule has 3 atom stereocenters. The van der Waals surface area contributed by atoms with Crippen molar-refractivity contribution in [3.05, 3.63) is 59.7 Å². The van der Waals surface area contributed by atoms with Crippen LogP contribution in [0, 0.1) is 74.1 Å². The summed E-state index contributed by atoms with van der Waals surface area (Å²) in [6.07, 6.45) is 50.3. The first-order valence-electron chi connectivity index (χ1n) is 32.2. The molecule has 0 radical (unpaired) electrons. The van der Waals surface area contributed by atoms with Gasteiger partial charge in [-0.25, -0.2) is 19.2 Å². The van der Waals surface area contributed by atoms with Gasteiger partial charge in [0.15, 0.2) is 0 Å². The van der Waals surface area contributed by atoms with Crippen molar-refractivity contribution in [2.45, 2.75) is 239 Å². The number of carbonyl (C=O) groups is 8. The van der Waals surface area contributed by atoms with Crippen LogP contribution in [0.2, 0.25) is 0 Å². The molecule has 3 unspecified atom stereocenters. The smallest absolute Gasteiger partial charge is 0.407 e. The summed E-state index contributed by atoms with van der Waals surface area (Å²) in [7, 11) is 7.25. The minimum Gasteiger partial charge on any atom is -0.481 e. The highest BCUT2D eigenvalue weighted by Crippen LogP contribution is 2.44. The van der Waals surface area contributed by atoms with Crippen molar-refractivity contribution in [1.82, 2.24) is 16.0 Å². The van der Waals surface area contributed by atoms with E-state index in [1.165, 1.54) is 45.9 Å². The van der Waals surface area contributed by atoms with E-state index in [0.29, 0.717) is 83.5 Å². The van der Waals surface area contributed by atoms with Gasteiger partial charge in [-0.3, -0.25) is 19.2 Å². The van der Waals surface area contributed by atoms with Gasteiger partial charge in [0.2, 0.25) is 11.8 Å². The number of hydrogen-bond donors (Lipinski definition) is 6. The highest BCUT2D eigenvalue weighted by atomic mass is 35.5. The minimum absolute atomic E-state index is 0. The van der Waals surface area contributed by atoms with Gasteiger partial charge in [-0.05, 0) is 112 Å². The lowest BCUT2D eigenvalue weighted by molar-refractivity contribution is -0.145. The van der Waals surface area contributed by atoms with Crippen LogP contribution >= 0.6 is 25.7 Å². The number of nitrogens with two attached hydrogens (primary N) is 1. The number of unbranched alkanes of at least 4 members (excludes halogenated alkanes) is 13. The number of halogens is 1. The van der Waals surface area contributed by atoms with Gasteiger partial charge in [0.25, 0.3) is 0 Å². The van der Waals surface area contributed by atoms with Crippen molar-refractivity contribution in [1.29, 1.82) is 0 Å². The molecule has 3 rings (SSSR count). The van der Waals surface area contributed by atoms with Gasteiger partial charge >= 0.3 is 35.9 Å². The van der Waals surface area contributed by atoms with Crippen LogP contribution in [0.5, 0.6) is 0 Å². The molecule has 0 fully saturated rings. The topological polar surface area (TPSA) is 276 Å². The molecule has 1 aliphatic carbocycles. The Balaban J connectivity index is -0.000000173.